The molecule has 0 unspecified atom stereocenters. The fourth-order valence-electron chi connectivity index (χ4n) is 3.74. The van der Waals surface area contributed by atoms with Gasteiger partial charge in [-0.25, -0.2) is 4.98 Å². The summed E-state index contributed by atoms with van der Waals surface area (Å²) < 4.78 is 40.9. The summed E-state index contributed by atoms with van der Waals surface area (Å²) in [5.41, 5.74) is 1.95. The average molecular weight is 464 g/mol. The monoisotopic (exact) mass is 464 g/mol. The van der Waals surface area contributed by atoms with Crippen molar-refractivity contribution in [3.05, 3.63) is 78.6 Å². The Morgan fingerprint density at radius 1 is 1.06 bits per heavy atom. The first-order chi connectivity index (χ1) is 16.4. The van der Waals surface area contributed by atoms with Gasteiger partial charge in [0.25, 0.3) is 5.91 Å². The van der Waals surface area contributed by atoms with Crippen molar-refractivity contribution in [2.75, 3.05) is 5.32 Å². The molecule has 0 radical (unpaired) electrons. The standard InChI is InChI=1S/C24H19F3N6O/c25-24(26,27)13-18-4-7-20(15-8-10-28-11-9-15)21(30-18)23(34)31-17-3-1-2-16(12-17)22-32-29-14-33(22)19-5-6-19/h1-4,7-12,14,19H,5-6,13H2,(H,31,34). The van der Waals surface area contributed by atoms with Crippen molar-refractivity contribution in [3.8, 4) is 22.5 Å². The third-order valence-corrected chi connectivity index (χ3v) is 5.43. The number of alkyl halides is 3. The summed E-state index contributed by atoms with van der Waals surface area (Å²) in [7, 11) is 0. The zero-order chi connectivity index (χ0) is 23.7. The Balaban J connectivity index is 1.47. The van der Waals surface area contributed by atoms with Crippen LogP contribution in [0.4, 0.5) is 18.9 Å². The van der Waals surface area contributed by atoms with Gasteiger partial charge in [0.05, 0.1) is 12.1 Å². The van der Waals surface area contributed by atoms with Crippen LogP contribution in [0, 0.1) is 0 Å². The molecule has 4 aromatic rings. The number of nitrogens with zero attached hydrogens (tertiary/aromatic N) is 5. The molecule has 0 spiro atoms. The highest BCUT2D eigenvalue weighted by atomic mass is 19.4. The maximum Gasteiger partial charge on any atom is 0.394 e. The summed E-state index contributed by atoms with van der Waals surface area (Å²) in [4.78, 5) is 21.2. The number of aromatic nitrogens is 5. The Kier molecular flexibility index (Phi) is 5.56. The third-order valence-electron chi connectivity index (χ3n) is 5.43. The van der Waals surface area contributed by atoms with E-state index in [4.69, 9.17) is 0 Å². The molecule has 3 heterocycles. The number of anilines is 1. The number of halogens is 3. The average Bonchev–Trinajstić information content (AvgIpc) is 3.54. The van der Waals surface area contributed by atoms with Crippen molar-refractivity contribution in [2.24, 2.45) is 0 Å². The molecule has 1 fully saturated rings. The number of carbonyl (C=O) groups excluding carboxylic acids is 1. The molecular formula is C24H19F3N6O. The first kappa shape index (κ1) is 21.7. The molecule has 34 heavy (non-hydrogen) atoms. The topological polar surface area (TPSA) is 85.6 Å². The Morgan fingerprint density at radius 3 is 2.59 bits per heavy atom. The van der Waals surface area contributed by atoms with Crippen LogP contribution in [-0.4, -0.2) is 36.8 Å². The second kappa shape index (κ2) is 8.69. The molecule has 0 atom stereocenters. The van der Waals surface area contributed by atoms with E-state index in [2.05, 4.69) is 25.5 Å². The van der Waals surface area contributed by atoms with Gasteiger partial charge in [-0.1, -0.05) is 18.2 Å². The summed E-state index contributed by atoms with van der Waals surface area (Å²) in [5.74, 6) is 0.0815. The van der Waals surface area contributed by atoms with Crippen molar-refractivity contribution in [1.29, 1.82) is 0 Å². The number of hydrogen-bond acceptors (Lipinski definition) is 5. The summed E-state index contributed by atoms with van der Waals surface area (Å²) in [5, 5.41) is 11.0. The number of carbonyl (C=O) groups is 1. The van der Waals surface area contributed by atoms with E-state index in [1.807, 2.05) is 10.6 Å². The van der Waals surface area contributed by atoms with Gasteiger partial charge in [0.2, 0.25) is 0 Å². The van der Waals surface area contributed by atoms with E-state index in [1.54, 1.807) is 49.1 Å². The normalized spacial score (nSPS) is 13.6. The van der Waals surface area contributed by atoms with Gasteiger partial charge in [-0.2, -0.15) is 13.2 Å². The van der Waals surface area contributed by atoms with Gasteiger partial charge in [0.15, 0.2) is 5.82 Å². The van der Waals surface area contributed by atoms with E-state index in [0.29, 0.717) is 28.7 Å². The molecule has 1 saturated carbocycles. The number of hydrogen-bond donors (Lipinski definition) is 1. The van der Waals surface area contributed by atoms with Gasteiger partial charge < -0.3 is 9.88 Å². The summed E-state index contributed by atoms with van der Waals surface area (Å²) in [6.07, 6.45) is 1.24. The van der Waals surface area contributed by atoms with E-state index >= 15 is 0 Å². The molecule has 1 aliphatic carbocycles. The molecule has 3 aromatic heterocycles. The molecule has 7 nitrogen and oxygen atoms in total. The summed E-state index contributed by atoms with van der Waals surface area (Å²) in [6.45, 7) is 0. The molecule has 1 aromatic carbocycles. The lowest BCUT2D eigenvalue weighted by molar-refractivity contribution is -0.127. The van der Waals surface area contributed by atoms with Crippen LogP contribution in [0.15, 0.2) is 67.3 Å². The van der Waals surface area contributed by atoms with Crippen molar-refractivity contribution in [2.45, 2.75) is 31.5 Å². The van der Waals surface area contributed by atoms with Crippen molar-refractivity contribution < 1.29 is 18.0 Å². The smallest absolute Gasteiger partial charge is 0.321 e. The SMILES string of the molecule is O=C(Nc1cccc(-c2nncn2C2CC2)c1)c1nc(CC(F)(F)F)ccc1-c1ccncc1. The van der Waals surface area contributed by atoms with Crippen LogP contribution in [0.3, 0.4) is 0 Å². The Bertz CT molecular complexity index is 1330. The number of pyridine rings is 2. The molecule has 0 saturated heterocycles. The third kappa shape index (κ3) is 4.80. The highest BCUT2D eigenvalue weighted by molar-refractivity contribution is 6.07. The number of amides is 1. The maximum absolute atomic E-state index is 13.2. The van der Waals surface area contributed by atoms with Gasteiger partial charge >= 0.3 is 6.18 Å². The molecule has 172 valence electrons. The zero-order valence-corrected chi connectivity index (χ0v) is 17.8. The maximum atomic E-state index is 13.2. The number of nitrogens with one attached hydrogen (secondary N) is 1. The second-order valence-electron chi connectivity index (χ2n) is 8.05. The predicted octanol–water partition coefficient (Wildman–Crippen LogP) is 5.09. The first-order valence-corrected chi connectivity index (χ1v) is 10.7. The van der Waals surface area contributed by atoms with Crippen LogP contribution in [0.2, 0.25) is 0 Å². The van der Waals surface area contributed by atoms with Crippen molar-refractivity contribution in [3.63, 3.8) is 0 Å². The van der Waals surface area contributed by atoms with Crippen LogP contribution < -0.4 is 5.32 Å². The summed E-state index contributed by atoms with van der Waals surface area (Å²) >= 11 is 0. The van der Waals surface area contributed by atoms with Crippen LogP contribution >= 0.6 is 0 Å². The lowest BCUT2D eigenvalue weighted by Crippen LogP contribution is -2.18. The Hall–Kier alpha value is -4.08. The number of benzene rings is 1. The predicted molar refractivity (Wildman–Crippen MR) is 119 cm³/mol. The van der Waals surface area contributed by atoms with E-state index < -0.39 is 18.5 Å². The lowest BCUT2D eigenvalue weighted by Gasteiger charge is -2.13. The largest absolute Gasteiger partial charge is 0.394 e. The van der Waals surface area contributed by atoms with E-state index in [0.717, 1.165) is 18.4 Å². The number of rotatable bonds is 6. The van der Waals surface area contributed by atoms with Gasteiger partial charge in [-0.15, -0.1) is 10.2 Å². The minimum absolute atomic E-state index is 0.0977. The van der Waals surface area contributed by atoms with Gasteiger partial charge in [0.1, 0.15) is 12.0 Å². The van der Waals surface area contributed by atoms with Gasteiger partial charge in [-0.3, -0.25) is 9.78 Å². The minimum atomic E-state index is -4.44. The zero-order valence-electron chi connectivity index (χ0n) is 17.8. The van der Waals surface area contributed by atoms with Crippen LogP contribution in [0.25, 0.3) is 22.5 Å². The van der Waals surface area contributed by atoms with Crippen LogP contribution in [-0.2, 0) is 6.42 Å². The molecule has 10 heteroatoms. The molecule has 0 bridgehead atoms. The second-order valence-corrected chi connectivity index (χ2v) is 8.05. The van der Waals surface area contributed by atoms with Gasteiger partial charge in [0, 0.05) is 35.2 Å². The highest BCUT2D eigenvalue weighted by Gasteiger charge is 2.30. The van der Waals surface area contributed by atoms with E-state index in [9.17, 15) is 18.0 Å². The van der Waals surface area contributed by atoms with E-state index in [-0.39, 0.29) is 11.4 Å². The fraction of sp³-hybridized carbons (Fsp3) is 0.208. The molecular weight excluding hydrogens is 445 g/mol. The Labute approximate surface area is 192 Å². The lowest BCUT2D eigenvalue weighted by atomic mass is 10.0. The Morgan fingerprint density at radius 2 is 1.85 bits per heavy atom. The van der Waals surface area contributed by atoms with E-state index in [1.165, 1.54) is 12.1 Å². The molecule has 1 N–H and O–H groups in total. The van der Waals surface area contributed by atoms with Gasteiger partial charge in [-0.05, 0) is 48.7 Å². The molecule has 1 amide bonds. The molecule has 1 aliphatic rings. The van der Waals surface area contributed by atoms with Crippen LogP contribution in [0.5, 0.6) is 0 Å². The van der Waals surface area contributed by atoms with Crippen LogP contribution in [0.1, 0.15) is 35.1 Å². The highest BCUT2D eigenvalue weighted by Crippen LogP contribution is 2.37. The quantitative estimate of drug-likeness (QED) is 0.429. The fourth-order valence-corrected chi connectivity index (χ4v) is 3.74. The van der Waals surface area contributed by atoms with Crippen molar-refractivity contribution >= 4 is 11.6 Å². The molecule has 5 rings (SSSR count). The summed E-state index contributed by atoms with van der Waals surface area (Å²) in [6, 6.07) is 13.6. The van der Waals surface area contributed by atoms with Crippen molar-refractivity contribution in [1.82, 2.24) is 24.7 Å². The first-order valence-electron chi connectivity index (χ1n) is 10.7. The minimum Gasteiger partial charge on any atom is -0.321 e. The molecule has 0 aliphatic heterocycles.